The number of nitrogens with one attached hydrogen (secondary N) is 1. The highest BCUT2D eigenvalue weighted by molar-refractivity contribution is 5.44. The number of nitrogens with zero attached hydrogens (tertiary/aromatic N) is 3. The highest BCUT2D eigenvalue weighted by Crippen LogP contribution is 2.09. The molecule has 0 saturated carbocycles. The first kappa shape index (κ1) is 12.7. The van der Waals surface area contributed by atoms with Crippen molar-refractivity contribution in [1.82, 2.24) is 19.5 Å². The van der Waals surface area contributed by atoms with Crippen LogP contribution in [0.1, 0.15) is 17.2 Å². The molecule has 0 fully saturated rings. The largest absolute Gasteiger partial charge is 0.463 e. The van der Waals surface area contributed by atoms with Gasteiger partial charge in [0.1, 0.15) is 17.0 Å². The van der Waals surface area contributed by atoms with Crippen molar-refractivity contribution in [2.45, 2.75) is 20.0 Å². The van der Waals surface area contributed by atoms with Gasteiger partial charge in [0.2, 0.25) is 0 Å². The summed E-state index contributed by atoms with van der Waals surface area (Å²) in [6.45, 7) is 2.96. The predicted molar refractivity (Wildman–Crippen MR) is 74.8 cm³/mol. The first-order valence-corrected chi connectivity index (χ1v) is 6.45. The third-order valence-corrected chi connectivity index (χ3v) is 3.12. The summed E-state index contributed by atoms with van der Waals surface area (Å²) in [6.07, 6.45) is 3.50. The smallest absolute Gasteiger partial charge is 0.276 e. The molecule has 0 aliphatic rings. The lowest BCUT2D eigenvalue weighted by Gasteiger charge is -2.03. The maximum atomic E-state index is 12.3. The Balaban J connectivity index is 1.93. The molecule has 0 saturated heterocycles. The molecule has 0 bridgehead atoms. The Morgan fingerprint density at radius 2 is 2.10 bits per heavy atom. The number of hydrogen-bond donors (Lipinski definition) is 1. The van der Waals surface area contributed by atoms with Crippen molar-refractivity contribution in [2.24, 2.45) is 0 Å². The minimum absolute atomic E-state index is 0.0698. The molecule has 3 aromatic heterocycles. The second-order valence-electron chi connectivity index (χ2n) is 4.75. The minimum Gasteiger partial charge on any atom is -0.463 e. The lowest BCUT2D eigenvalue weighted by molar-refractivity contribution is 0.442. The van der Waals surface area contributed by atoms with Gasteiger partial charge in [-0.15, -0.1) is 0 Å². The SMILES string of the molecule is CNCc1ccc(Cn2ccn3nc(C)cc3c2=O)o1. The van der Waals surface area contributed by atoms with Crippen molar-refractivity contribution < 1.29 is 4.42 Å². The number of rotatable bonds is 4. The third kappa shape index (κ3) is 2.25. The molecule has 0 aromatic carbocycles. The highest BCUT2D eigenvalue weighted by Gasteiger charge is 2.08. The van der Waals surface area contributed by atoms with Gasteiger partial charge in [-0.3, -0.25) is 4.79 Å². The van der Waals surface area contributed by atoms with Crippen LogP contribution in [0.4, 0.5) is 0 Å². The molecular formula is C14H16N4O2. The Kier molecular flexibility index (Phi) is 3.15. The first-order chi connectivity index (χ1) is 9.67. The lowest BCUT2D eigenvalue weighted by atomic mass is 10.4. The van der Waals surface area contributed by atoms with Crippen LogP contribution >= 0.6 is 0 Å². The number of fused-ring (bicyclic) bond motifs is 1. The number of aromatic nitrogens is 3. The van der Waals surface area contributed by atoms with Crippen molar-refractivity contribution >= 4 is 5.52 Å². The summed E-state index contributed by atoms with van der Waals surface area (Å²) in [5, 5.41) is 7.25. The van der Waals surface area contributed by atoms with E-state index >= 15 is 0 Å². The minimum atomic E-state index is -0.0698. The van der Waals surface area contributed by atoms with E-state index in [1.165, 1.54) is 0 Å². The van der Waals surface area contributed by atoms with Crippen molar-refractivity contribution in [3.05, 3.63) is 58.2 Å². The summed E-state index contributed by atoms with van der Waals surface area (Å²) >= 11 is 0. The van der Waals surface area contributed by atoms with Gasteiger partial charge < -0.3 is 14.3 Å². The third-order valence-electron chi connectivity index (χ3n) is 3.12. The van der Waals surface area contributed by atoms with Crippen LogP contribution in [0.15, 0.2) is 39.8 Å². The molecule has 0 amide bonds. The Morgan fingerprint density at radius 3 is 2.90 bits per heavy atom. The second-order valence-corrected chi connectivity index (χ2v) is 4.75. The Bertz CT molecular complexity index is 797. The summed E-state index contributed by atoms with van der Waals surface area (Å²) in [5.74, 6) is 1.62. The van der Waals surface area contributed by atoms with Gasteiger partial charge >= 0.3 is 0 Å². The van der Waals surface area contributed by atoms with E-state index in [0.29, 0.717) is 18.6 Å². The van der Waals surface area contributed by atoms with Crippen LogP contribution in [0.5, 0.6) is 0 Å². The highest BCUT2D eigenvalue weighted by atomic mass is 16.3. The van der Waals surface area contributed by atoms with Crippen molar-refractivity contribution in [3.8, 4) is 0 Å². The molecular weight excluding hydrogens is 256 g/mol. The van der Waals surface area contributed by atoms with E-state index < -0.39 is 0 Å². The summed E-state index contributed by atoms with van der Waals surface area (Å²) < 4.78 is 8.88. The van der Waals surface area contributed by atoms with Crippen molar-refractivity contribution in [3.63, 3.8) is 0 Å². The maximum Gasteiger partial charge on any atom is 0.276 e. The van der Waals surface area contributed by atoms with Gasteiger partial charge in [-0.1, -0.05) is 0 Å². The lowest BCUT2D eigenvalue weighted by Crippen LogP contribution is -2.21. The van der Waals surface area contributed by atoms with E-state index in [-0.39, 0.29) is 5.56 Å². The van der Waals surface area contributed by atoms with Crippen molar-refractivity contribution in [1.29, 1.82) is 0 Å². The zero-order valence-electron chi connectivity index (χ0n) is 11.5. The molecule has 0 radical (unpaired) electrons. The molecule has 0 spiro atoms. The Hall–Kier alpha value is -2.34. The monoisotopic (exact) mass is 272 g/mol. The summed E-state index contributed by atoms with van der Waals surface area (Å²) in [4.78, 5) is 12.3. The molecule has 3 aromatic rings. The summed E-state index contributed by atoms with van der Waals surface area (Å²) in [5.41, 5.74) is 1.33. The van der Waals surface area contributed by atoms with Crippen LogP contribution in [0.2, 0.25) is 0 Å². The first-order valence-electron chi connectivity index (χ1n) is 6.45. The number of furan rings is 1. The summed E-state index contributed by atoms with van der Waals surface area (Å²) in [6, 6.07) is 5.59. The zero-order valence-corrected chi connectivity index (χ0v) is 11.5. The quantitative estimate of drug-likeness (QED) is 0.774. The molecule has 6 nitrogen and oxygen atoms in total. The average Bonchev–Trinajstić information content (AvgIpc) is 3.00. The molecule has 0 atom stereocenters. The van der Waals surface area contributed by atoms with E-state index in [2.05, 4.69) is 10.4 Å². The van der Waals surface area contributed by atoms with E-state index in [1.54, 1.807) is 27.5 Å². The van der Waals surface area contributed by atoms with E-state index in [0.717, 1.165) is 17.2 Å². The molecule has 3 heterocycles. The average molecular weight is 272 g/mol. The molecule has 104 valence electrons. The van der Waals surface area contributed by atoms with Crippen LogP contribution in [0, 0.1) is 6.92 Å². The van der Waals surface area contributed by atoms with Crippen LogP contribution in [-0.4, -0.2) is 21.2 Å². The molecule has 0 unspecified atom stereocenters. The summed E-state index contributed by atoms with van der Waals surface area (Å²) in [7, 11) is 1.86. The predicted octanol–water partition coefficient (Wildman–Crippen LogP) is 1.17. The maximum absolute atomic E-state index is 12.3. The number of hydrogen-bond acceptors (Lipinski definition) is 4. The fraction of sp³-hybridized carbons (Fsp3) is 0.286. The van der Waals surface area contributed by atoms with E-state index in [9.17, 15) is 4.79 Å². The fourth-order valence-electron chi connectivity index (χ4n) is 2.22. The van der Waals surface area contributed by atoms with Gasteiger partial charge in [0.25, 0.3) is 5.56 Å². The van der Waals surface area contributed by atoms with Crippen LogP contribution < -0.4 is 10.9 Å². The van der Waals surface area contributed by atoms with Crippen molar-refractivity contribution in [2.75, 3.05) is 7.05 Å². The molecule has 20 heavy (non-hydrogen) atoms. The van der Waals surface area contributed by atoms with E-state index in [4.69, 9.17) is 4.42 Å². The Labute approximate surface area is 115 Å². The van der Waals surface area contributed by atoms with Crippen LogP contribution in [-0.2, 0) is 13.1 Å². The number of aryl methyl sites for hydroxylation is 1. The van der Waals surface area contributed by atoms with Gasteiger partial charge in [0.05, 0.1) is 18.8 Å². The van der Waals surface area contributed by atoms with Gasteiger partial charge in [0, 0.05) is 12.4 Å². The molecule has 6 heteroatoms. The van der Waals surface area contributed by atoms with Gasteiger partial charge in [-0.05, 0) is 32.2 Å². The van der Waals surface area contributed by atoms with Gasteiger partial charge in [-0.25, -0.2) is 4.52 Å². The zero-order chi connectivity index (χ0) is 14.1. The van der Waals surface area contributed by atoms with Crippen LogP contribution in [0.3, 0.4) is 0 Å². The van der Waals surface area contributed by atoms with Gasteiger partial charge in [-0.2, -0.15) is 5.10 Å². The molecule has 0 aliphatic heterocycles. The topological polar surface area (TPSA) is 64.5 Å². The standard InChI is InChI=1S/C14H16N4O2/c1-10-7-13-14(19)17(5-6-18(13)16-10)9-12-4-3-11(20-12)8-15-2/h3-7,15H,8-9H2,1-2H3. The molecule has 1 N–H and O–H groups in total. The normalized spacial score (nSPS) is 11.3. The fourth-order valence-corrected chi connectivity index (χ4v) is 2.22. The molecule has 0 aliphatic carbocycles. The Morgan fingerprint density at radius 1 is 1.30 bits per heavy atom. The van der Waals surface area contributed by atoms with Crippen LogP contribution in [0.25, 0.3) is 5.52 Å². The van der Waals surface area contributed by atoms with E-state index in [1.807, 2.05) is 26.1 Å². The second kappa shape index (κ2) is 4.97. The molecule has 3 rings (SSSR count). The van der Waals surface area contributed by atoms with Gasteiger partial charge in [0.15, 0.2) is 0 Å².